The second-order valence-electron chi connectivity index (χ2n) is 5.53. The average Bonchev–Trinajstić information content (AvgIpc) is 3.06. The molecule has 1 aromatic rings. The molecule has 2 aliphatic rings. The number of rotatable bonds is 1. The van der Waals surface area contributed by atoms with E-state index < -0.39 is 10.4 Å². The number of hydrogen-bond acceptors (Lipinski definition) is 3. The predicted molar refractivity (Wildman–Crippen MR) is 82.6 cm³/mol. The van der Waals surface area contributed by atoms with Crippen molar-refractivity contribution in [3.8, 4) is 0 Å². The molecule has 1 fully saturated rings. The van der Waals surface area contributed by atoms with Crippen molar-refractivity contribution in [2.24, 2.45) is 0 Å². The van der Waals surface area contributed by atoms with Gasteiger partial charge in [-0.1, -0.05) is 48.8 Å². The maximum atomic E-state index is 9.33. The van der Waals surface area contributed by atoms with E-state index in [2.05, 4.69) is 41.4 Å². The van der Waals surface area contributed by atoms with Crippen LogP contribution in [0.3, 0.4) is 0 Å². The molecule has 0 aliphatic heterocycles. The van der Waals surface area contributed by atoms with Crippen LogP contribution in [0.5, 0.6) is 0 Å². The molecule has 0 heterocycles. The summed E-state index contributed by atoms with van der Waals surface area (Å²) < 4.78 is 29.7. The average molecular weight is 310 g/mol. The van der Waals surface area contributed by atoms with Gasteiger partial charge in [0.25, 0.3) is 0 Å². The van der Waals surface area contributed by atoms with Crippen molar-refractivity contribution in [2.45, 2.75) is 44.4 Å². The highest BCUT2D eigenvalue weighted by Gasteiger charge is 2.43. The Morgan fingerprint density at radius 2 is 1.81 bits per heavy atom. The van der Waals surface area contributed by atoms with Gasteiger partial charge in [0.05, 0.1) is 7.11 Å². The molecule has 1 saturated carbocycles. The second-order valence-corrected chi connectivity index (χ2v) is 6.72. The molecule has 0 bridgehead atoms. The number of benzene rings is 1. The van der Waals surface area contributed by atoms with E-state index in [1.807, 2.05) is 0 Å². The van der Waals surface area contributed by atoms with Gasteiger partial charge in [0.2, 0.25) is 0 Å². The van der Waals surface area contributed by atoms with Crippen molar-refractivity contribution in [3.63, 3.8) is 0 Å². The van der Waals surface area contributed by atoms with Gasteiger partial charge >= 0.3 is 10.4 Å². The summed E-state index contributed by atoms with van der Waals surface area (Å²) in [5.41, 5.74) is 5.34. The lowest BCUT2D eigenvalue weighted by Crippen LogP contribution is -2.20. The van der Waals surface area contributed by atoms with Crippen LogP contribution >= 0.6 is 0 Å². The van der Waals surface area contributed by atoms with Crippen molar-refractivity contribution >= 4 is 10.4 Å². The van der Waals surface area contributed by atoms with Gasteiger partial charge in [-0.2, -0.15) is 8.42 Å². The Balaban J connectivity index is 0.000000232. The first-order valence-corrected chi connectivity index (χ1v) is 8.56. The summed E-state index contributed by atoms with van der Waals surface area (Å²) in [7, 11) is -3.29. The van der Waals surface area contributed by atoms with Crippen LogP contribution in [0, 0.1) is 0 Å². The molecule has 5 heteroatoms. The van der Waals surface area contributed by atoms with E-state index in [4.69, 9.17) is 4.55 Å². The highest BCUT2D eigenvalue weighted by atomic mass is 32.3. The van der Waals surface area contributed by atoms with Crippen molar-refractivity contribution < 1.29 is 17.2 Å². The van der Waals surface area contributed by atoms with Gasteiger partial charge in [0, 0.05) is 5.41 Å². The normalized spacial score (nSPS) is 21.2. The molecule has 0 atom stereocenters. The minimum absolute atomic E-state index is 0.450. The Morgan fingerprint density at radius 3 is 2.33 bits per heavy atom. The SMILES string of the molecule is CC=C1Cc2ccccc2C12CCCC2.COS(=O)(=O)O. The second kappa shape index (κ2) is 6.30. The minimum atomic E-state index is -4.16. The van der Waals surface area contributed by atoms with E-state index in [0.29, 0.717) is 5.41 Å². The first-order chi connectivity index (χ1) is 9.93. The van der Waals surface area contributed by atoms with Crippen LogP contribution < -0.4 is 0 Å². The standard InChI is InChI=1S/C15H18.CH4O4S/c1-2-13-11-12-7-3-4-8-14(12)15(13)9-5-6-10-15;1-5-6(2,3)4/h2-4,7-8H,5-6,9-11H2,1H3;1H3,(H,2,3,4). The Bertz CT molecular complexity index is 625. The van der Waals surface area contributed by atoms with Crippen molar-refractivity contribution in [3.05, 3.63) is 47.0 Å². The molecular weight excluding hydrogens is 288 g/mol. The summed E-state index contributed by atoms with van der Waals surface area (Å²) in [5.74, 6) is 0. The van der Waals surface area contributed by atoms with E-state index in [-0.39, 0.29) is 0 Å². The van der Waals surface area contributed by atoms with E-state index in [1.54, 1.807) is 16.7 Å². The van der Waals surface area contributed by atoms with Crippen LogP contribution in [0.4, 0.5) is 0 Å². The summed E-state index contributed by atoms with van der Waals surface area (Å²) in [4.78, 5) is 0. The highest BCUT2D eigenvalue weighted by molar-refractivity contribution is 7.80. The lowest BCUT2D eigenvalue weighted by atomic mass is 9.77. The van der Waals surface area contributed by atoms with E-state index in [9.17, 15) is 8.42 Å². The lowest BCUT2D eigenvalue weighted by molar-refractivity contribution is 0.324. The topological polar surface area (TPSA) is 63.6 Å². The Kier molecular flexibility index (Phi) is 4.86. The third kappa shape index (κ3) is 3.36. The smallest absolute Gasteiger partial charge is 0.264 e. The van der Waals surface area contributed by atoms with Crippen molar-refractivity contribution in [1.29, 1.82) is 0 Å². The van der Waals surface area contributed by atoms with Crippen LogP contribution in [-0.2, 0) is 26.4 Å². The molecule has 0 amide bonds. The first-order valence-electron chi connectivity index (χ1n) is 7.20. The summed E-state index contributed by atoms with van der Waals surface area (Å²) in [6, 6.07) is 9.06. The molecule has 3 rings (SSSR count). The predicted octanol–water partition coefficient (Wildman–Crippen LogP) is 3.44. The summed E-state index contributed by atoms with van der Waals surface area (Å²) in [6.45, 7) is 2.21. The van der Waals surface area contributed by atoms with E-state index >= 15 is 0 Å². The third-order valence-corrected chi connectivity index (χ3v) is 4.97. The first kappa shape index (κ1) is 16.2. The van der Waals surface area contributed by atoms with Gasteiger partial charge in [0.15, 0.2) is 0 Å². The van der Waals surface area contributed by atoms with Crippen molar-refractivity contribution in [1.82, 2.24) is 0 Å². The fourth-order valence-electron chi connectivity index (χ4n) is 3.64. The zero-order valence-electron chi connectivity index (χ0n) is 12.5. The fraction of sp³-hybridized carbons (Fsp3) is 0.500. The number of hydrogen-bond donors (Lipinski definition) is 1. The summed E-state index contributed by atoms with van der Waals surface area (Å²) in [5, 5.41) is 0. The Labute approximate surface area is 126 Å². The molecule has 0 unspecified atom stereocenters. The summed E-state index contributed by atoms with van der Waals surface area (Å²) >= 11 is 0. The molecule has 116 valence electrons. The quantitative estimate of drug-likeness (QED) is 0.637. The van der Waals surface area contributed by atoms with E-state index in [1.165, 1.54) is 32.1 Å². The van der Waals surface area contributed by atoms with Crippen LogP contribution in [0.15, 0.2) is 35.9 Å². The molecular formula is C16H22O4S. The Morgan fingerprint density at radius 1 is 1.24 bits per heavy atom. The lowest BCUT2D eigenvalue weighted by Gasteiger charge is -2.26. The van der Waals surface area contributed by atoms with Gasteiger partial charge < -0.3 is 0 Å². The van der Waals surface area contributed by atoms with Gasteiger partial charge in [0.1, 0.15) is 0 Å². The molecule has 21 heavy (non-hydrogen) atoms. The van der Waals surface area contributed by atoms with Crippen LogP contribution in [0.25, 0.3) is 0 Å². The van der Waals surface area contributed by atoms with Gasteiger partial charge in [-0.05, 0) is 37.3 Å². The van der Waals surface area contributed by atoms with Crippen LogP contribution in [-0.4, -0.2) is 20.1 Å². The molecule has 1 aromatic carbocycles. The minimum Gasteiger partial charge on any atom is -0.264 e. The fourth-order valence-corrected chi connectivity index (χ4v) is 3.64. The molecule has 4 nitrogen and oxygen atoms in total. The highest BCUT2D eigenvalue weighted by Crippen LogP contribution is 2.52. The maximum absolute atomic E-state index is 9.33. The molecule has 2 aliphatic carbocycles. The largest absolute Gasteiger partial charge is 0.397 e. The number of allylic oxidation sites excluding steroid dienone is 2. The monoisotopic (exact) mass is 310 g/mol. The van der Waals surface area contributed by atoms with Crippen molar-refractivity contribution in [2.75, 3.05) is 7.11 Å². The zero-order valence-corrected chi connectivity index (χ0v) is 13.3. The van der Waals surface area contributed by atoms with Crippen LogP contribution in [0.1, 0.15) is 43.7 Å². The third-order valence-electron chi connectivity index (χ3n) is 4.54. The Hall–Kier alpha value is -1.17. The molecule has 1 spiro atoms. The molecule has 1 N–H and O–H groups in total. The molecule has 0 radical (unpaired) electrons. The van der Waals surface area contributed by atoms with Crippen LogP contribution in [0.2, 0.25) is 0 Å². The van der Waals surface area contributed by atoms with E-state index in [0.717, 1.165) is 7.11 Å². The van der Waals surface area contributed by atoms with Gasteiger partial charge in [-0.15, -0.1) is 0 Å². The van der Waals surface area contributed by atoms with Gasteiger partial charge in [-0.3, -0.25) is 8.74 Å². The summed E-state index contributed by atoms with van der Waals surface area (Å²) in [6.07, 6.45) is 9.14. The van der Waals surface area contributed by atoms with Gasteiger partial charge in [-0.25, -0.2) is 0 Å². The number of fused-ring (bicyclic) bond motifs is 2. The maximum Gasteiger partial charge on any atom is 0.397 e. The zero-order chi connectivity index (χ0) is 15.5. The molecule has 0 aromatic heterocycles. The molecule has 0 saturated heterocycles.